The summed E-state index contributed by atoms with van der Waals surface area (Å²) in [5.74, 6) is -1.85. The van der Waals surface area contributed by atoms with Crippen molar-refractivity contribution < 1.29 is 27.6 Å². The first kappa shape index (κ1) is 42.1. The number of aromatic nitrogens is 1. The predicted octanol–water partition coefficient (Wildman–Crippen LogP) is 3.99. The summed E-state index contributed by atoms with van der Waals surface area (Å²) in [7, 11) is -2.78. The minimum absolute atomic E-state index is 0.0498. The molecule has 4 rings (SSSR count). The van der Waals surface area contributed by atoms with Crippen molar-refractivity contribution in [3.05, 3.63) is 126 Å². The molecule has 0 saturated heterocycles. The van der Waals surface area contributed by atoms with Crippen LogP contribution in [0.4, 0.5) is 5.69 Å². The van der Waals surface area contributed by atoms with Crippen LogP contribution in [0.15, 0.2) is 108 Å². The van der Waals surface area contributed by atoms with E-state index >= 15 is 0 Å². The van der Waals surface area contributed by atoms with Gasteiger partial charge in [-0.15, -0.1) is 0 Å². The molecule has 13 nitrogen and oxygen atoms in total. The number of nitrogens with one attached hydrogen (secondary N) is 5. The number of carbonyl (C=O) groups is 4. The first-order valence-corrected chi connectivity index (χ1v) is 19.7. The monoisotopic (exact) mass is 769 g/mol. The van der Waals surface area contributed by atoms with Crippen molar-refractivity contribution in [1.82, 2.24) is 31.6 Å². The van der Waals surface area contributed by atoms with Crippen LogP contribution in [0.3, 0.4) is 0 Å². The molecular formula is C41H51N7O6S. The van der Waals surface area contributed by atoms with Crippen LogP contribution in [-0.4, -0.2) is 75.3 Å². The normalized spacial score (nSPS) is 13.5. The van der Waals surface area contributed by atoms with Gasteiger partial charge in [0.25, 0.3) is 21.8 Å². The van der Waals surface area contributed by atoms with E-state index in [4.69, 9.17) is 0 Å². The lowest BCUT2D eigenvalue weighted by atomic mass is 10.0. The Morgan fingerprint density at radius 1 is 0.764 bits per heavy atom. The molecule has 0 aliphatic heterocycles. The number of hydrogen-bond donors (Lipinski definition) is 5. The fourth-order valence-corrected chi connectivity index (χ4v) is 6.95. The summed E-state index contributed by atoms with van der Waals surface area (Å²) < 4.78 is 28.3. The highest BCUT2D eigenvalue weighted by Gasteiger charge is 2.28. The highest BCUT2D eigenvalue weighted by atomic mass is 32.2. The largest absolute Gasteiger partial charge is 0.355 e. The van der Waals surface area contributed by atoms with Crippen molar-refractivity contribution >= 4 is 39.3 Å². The molecule has 0 fully saturated rings. The number of carbonyl (C=O) groups excluding carboxylic acids is 4. The van der Waals surface area contributed by atoms with Gasteiger partial charge in [-0.05, 0) is 74.6 Å². The summed E-state index contributed by atoms with van der Waals surface area (Å²) in [5.41, 5.74) is 2.00. The smallest absolute Gasteiger partial charge is 0.265 e. The van der Waals surface area contributed by atoms with Gasteiger partial charge in [-0.1, -0.05) is 74.5 Å². The third-order valence-corrected chi connectivity index (χ3v) is 10.8. The summed E-state index contributed by atoms with van der Waals surface area (Å²) in [6, 6.07) is 23.7. The topological polar surface area (TPSA) is 179 Å². The van der Waals surface area contributed by atoms with Gasteiger partial charge in [0.05, 0.1) is 17.8 Å². The van der Waals surface area contributed by atoms with Crippen molar-refractivity contribution in [2.75, 3.05) is 24.4 Å². The maximum absolute atomic E-state index is 14.1. The van der Waals surface area contributed by atoms with E-state index in [2.05, 4.69) is 31.6 Å². The Labute approximate surface area is 323 Å². The molecule has 0 unspecified atom stereocenters. The highest BCUT2D eigenvalue weighted by Crippen LogP contribution is 2.25. The van der Waals surface area contributed by atoms with Crippen molar-refractivity contribution in [2.24, 2.45) is 5.92 Å². The fourth-order valence-electron chi connectivity index (χ4n) is 5.81. The molecule has 0 saturated carbocycles. The minimum atomic E-state index is -4.12. The molecule has 292 valence electrons. The van der Waals surface area contributed by atoms with Gasteiger partial charge >= 0.3 is 0 Å². The Bertz CT molecular complexity index is 2010. The Balaban J connectivity index is 1.63. The van der Waals surface area contributed by atoms with Gasteiger partial charge in [0, 0.05) is 49.7 Å². The van der Waals surface area contributed by atoms with E-state index in [9.17, 15) is 27.6 Å². The zero-order chi connectivity index (χ0) is 40.1. The maximum Gasteiger partial charge on any atom is 0.265 e. The lowest BCUT2D eigenvalue weighted by Crippen LogP contribution is -2.55. The lowest BCUT2D eigenvalue weighted by molar-refractivity contribution is -0.130. The summed E-state index contributed by atoms with van der Waals surface area (Å²) in [6.07, 6.45) is 3.07. The molecule has 4 amide bonds. The molecule has 0 spiro atoms. The van der Waals surface area contributed by atoms with Crippen LogP contribution in [0.2, 0.25) is 0 Å². The lowest BCUT2D eigenvalue weighted by Gasteiger charge is -2.26. The van der Waals surface area contributed by atoms with Gasteiger partial charge < -0.3 is 26.6 Å². The molecule has 1 aromatic heterocycles. The summed E-state index contributed by atoms with van der Waals surface area (Å²) >= 11 is 0. The van der Waals surface area contributed by atoms with Crippen molar-refractivity contribution in [2.45, 2.75) is 70.1 Å². The van der Waals surface area contributed by atoms with Gasteiger partial charge in [-0.3, -0.25) is 28.5 Å². The second-order valence-electron chi connectivity index (χ2n) is 13.7. The molecule has 0 bridgehead atoms. The summed E-state index contributed by atoms with van der Waals surface area (Å²) in [6.45, 7) is 9.62. The van der Waals surface area contributed by atoms with Crippen molar-refractivity contribution in [3.8, 4) is 0 Å². The highest BCUT2D eigenvalue weighted by molar-refractivity contribution is 7.92. The van der Waals surface area contributed by atoms with E-state index in [1.54, 1.807) is 6.92 Å². The van der Waals surface area contributed by atoms with E-state index in [0.717, 1.165) is 15.4 Å². The summed E-state index contributed by atoms with van der Waals surface area (Å²) in [5, 5.41) is 14.8. The second kappa shape index (κ2) is 19.6. The number of pyridine rings is 1. The van der Waals surface area contributed by atoms with E-state index in [0.29, 0.717) is 13.0 Å². The Kier molecular flexibility index (Phi) is 15.1. The number of likely N-dealkylation sites (N-methyl/N-ethyl adjacent to an activating group) is 1. The number of amides is 4. The Hall–Kier alpha value is -5.60. The van der Waals surface area contributed by atoms with Crippen LogP contribution >= 0.6 is 0 Å². The van der Waals surface area contributed by atoms with E-state index in [1.807, 2.05) is 88.4 Å². The molecule has 4 aromatic rings. The zero-order valence-corrected chi connectivity index (χ0v) is 32.9. The van der Waals surface area contributed by atoms with Crippen LogP contribution in [0.5, 0.6) is 0 Å². The van der Waals surface area contributed by atoms with Crippen LogP contribution in [0.25, 0.3) is 0 Å². The third-order valence-electron chi connectivity index (χ3n) is 9.07. The van der Waals surface area contributed by atoms with E-state index < -0.39 is 40.0 Å². The van der Waals surface area contributed by atoms with E-state index in [1.165, 1.54) is 49.8 Å². The molecule has 0 aliphatic rings. The third kappa shape index (κ3) is 11.7. The number of sulfonamides is 1. The fraction of sp³-hybridized carbons (Fsp3) is 0.341. The van der Waals surface area contributed by atoms with Gasteiger partial charge in [0.15, 0.2) is 0 Å². The number of hydrogen-bond acceptors (Lipinski definition) is 8. The first-order valence-electron chi connectivity index (χ1n) is 18.3. The van der Waals surface area contributed by atoms with Crippen molar-refractivity contribution in [3.63, 3.8) is 0 Å². The first-order chi connectivity index (χ1) is 26.2. The number of benzene rings is 3. The van der Waals surface area contributed by atoms with Crippen LogP contribution < -0.4 is 30.9 Å². The molecule has 1 heterocycles. The molecular weight excluding hydrogens is 719 g/mol. The number of rotatable bonds is 18. The molecule has 55 heavy (non-hydrogen) atoms. The molecule has 3 aromatic carbocycles. The van der Waals surface area contributed by atoms with Crippen LogP contribution in [0, 0.1) is 5.92 Å². The molecule has 5 N–H and O–H groups in total. The standard InChI is InChI=1S/C41H51N7O6S/c1-7-43-41(52)37(27(2)3)47-38(49)29(5)44-25-34(21-30-15-10-8-11-16-30)46-40(51)33-22-32(39(50)45-28(4)31-17-12-9-13-18-31)23-35(24-33)48(6)55(53,54)36-19-14-20-42-26-36/h8-20,22-24,26-29,34,37,44H,7,21,25H2,1-6H3,(H,43,52)(H,45,50)(H,46,51)(H,47,49)/t28-,29+,34+,37+/m1/s1. The van der Waals surface area contributed by atoms with Crippen molar-refractivity contribution in [1.29, 1.82) is 0 Å². The van der Waals surface area contributed by atoms with Gasteiger partial charge in [-0.2, -0.15) is 0 Å². The van der Waals surface area contributed by atoms with Gasteiger partial charge in [-0.25, -0.2) is 8.42 Å². The average Bonchev–Trinajstić information content (AvgIpc) is 3.19. The Morgan fingerprint density at radius 3 is 1.96 bits per heavy atom. The average molecular weight is 770 g/mol. The predicted molar refractivity (Wildman–Crippen MR) is 213 cm³/mol. The Morgan fingerprint density at radius 2 is 1.38 bits per heavy atom. The zero-order valence-electron chi connectivity index (χ0n) is 32.1. The minimum Gasteiger partial charge on any atom is -0.355 e. The molecule has 14 heteroatoms. The second-order valence-corrected chi connectivity index (χ2v) is 15.6. The maximum atomic E-state index is 14.1. The van der Waals surface area contributed by atoms with Gasteiger partial charge in [0.2, 0.25) is 11.8 Å². The number of nitrogens with zero attached hydrogens (tertiary/aromatic N) is 2. The molecule has 4 atom stereocenters. The van der Waals surface area contributed by atoms with Crippen LogP contribution in [0.1, 0.15) is 72.5 Å². The SMILES string of the molecule is CCNC(=O)[C@@H](NC(=O)[C@H](C)NC[C@H](Cc1ccccc1)NC(=O)c1cc(C(=O)N[C@H](C)c2ccccc2)cc(N(C)S(=O)(=O)c2cccnc2)c1)C(C)C. The summed E-state index contributed by atoms with van der Waals surface area (Å²) in [4.78, 5) is 57.5. The quantitative estimate of drug-likeness (QED) is 0.101. The van der Waals surface area contributed by atoms with Crippen LogP contribution in [-0.2, 0) is 26.0 Å². The van der Waals surface area contributed by atoms with E-state index in [-0.39, 0.29) is 52.0 Å². The molecule has 0 radical (unpaired) electrons. The molecule has 0 aliphatic carbocycles. The van der Waals surface area contributed by atoms with Gasteiger partial charge in [0.1, 0.15) is 10.9 Å². The number of anilines is 1.